The number of halogens is 2. The molecule has 0 fully saturated rings. The maximum absolute atomic E-state index is 11.8. The Hall–Kier alpha value is -1.13. The summed E-state index contributed by atoms with van der Waals surface area (Å²) in [7, 11) is 1.38. The summed E-state index contributed by atoms with van der Waals surface area (Å²) in [6.45, 7) is 4.17. The number of alkyl halides is 2. The minimum absolute atomic E-state index is 0.373. The molecule has 0 radical (unpaired) electrons. The van der Waals surface area contributed by atoms with Crippen LogP contribution < -0.4 is 9.64 Å². The van der Waals surface area contributed by atoms with Crippen molar-refractivity contribution in [1.29, 1.82) is 0 Å². The Balaban J connectivity index is 2.80. The molecule has 0 saturated heterocycles. The van der Waals surface area contributed by atoms with E-state index >= 15 is 0 Å². The van der Waals surface area contributed by atoms with Crippen molar-refractivity contribution in [1.82, 2.24) is 0 Å². The van der Waals surface area contributed by atoms with Crippen LogP contribution in [-0.2, 0) is 4.74 Å². The number of hydrogen-bond donors (Lipinski definition) is 0. The second kappa shape index (κ2) is 14.0. The van der Waals surface area contributed by atoms with E-state index in [1.807, 2.05) is 6.07 Å². The van der Waals surface area contributed by atoms with Crippen molar-refractivity contribution >= 4 is 34.9 Å². The first-order valence-electron chi connectivity index (χ1n) is 9.40. The van der Waals surface area contributed by atoms with Gasteiger partial charge in [0.25, 0.3) is 0 Å². The number of carbonyl (C=O) groups excluding carboxylic acids is 1. The van der Waals surface area contributed by atoms with E-state index in [4.69, 9.17) is 32.7 Å². The Bertz CT molecular complexity index is 520. The standard InChI is InChI=1S/C20H31Cl2NO3/c1-3-4-5-6-7-8-15-26-19-16-17(20(24)25-2)9-10-18(19)23(13-11-21)14-12-22/h9-10,16H,3-8,11-15H2,1-2H3. The highest BCUT2D eigenvalue weighted by Crippen LogP contribution is 2.30. The summed E-state index contributed by atoms with van der Waals surface area (Å²) in [4.78, 5) is 13.9. The van der Waals surface area contributed by atoms with Gasteiger partial charge in [0.15, 0.2) is 0 Å². The number of benzene rings is 1. The molecule has 0 bridgehead atoms. The van der Waals surface area contributed by atoms with Crippen molar-refractivity contribution in [3.05, 3.63) is 23.8 Å². The van der Waals surface area contributed by atoms with Crippen molar-refractivity contribution in [2.24, 2.45) is 0 Å². The van der Waals surface area contributed by atoms with Gasteiger partial charge in [0.05, 0.1) is 25.0 Å². The molecule has 0 spiro atoms. The predicted octanol–water partition coefficient (Wildman–Crippen LogP) is 5.50. The lowest BCUT2D eigenvalue weighted by Crippen LogP contribution is -2.28. The van der Waals surface area contributed by atoms with Crippen LogP contribution >= 0.6 is 23.2 Å². The third-order valence-corrected chi connectivity index (χ3v) is 4.52. The molecule has 1 aromatic rings. The number of esters is 1. The topological polar surface area (TPSA) is 38.8 Å². The highest BCUT2D eigenvalue weighted by atomic mass is 35.5. The molecule has 0 aliphatic rings. The zero-order chi connectivity index (χ0) is 19.2. The van der Waals surface area contributed by atoms with Crippen LogP contribution in [0.25, 0.3) is 0 Å². The van der Waals surface area contributed by atoms with Gasteiger partial charge in [-0.15, -0.1) is 23.2 Å². The summed E-state index contributed by atoms with van der Waals surface area (Å²) in [6, 6.07) is 5.36. The van der Waals surface area contributed by atoms with E-state index in [-0.39, 0.29) is 5.97 Å². The molecule has 1 aromatic carbocycles. The Morgan fingerprint density at radius 3 is 2.31 bits per heavy atom. The van der Waals surface area contributed by atoms with Crippen molar-refractivity contribution in [3.63, 3.8) is 0 Å². The quantitative estimate of drug-likeness (QED) is 0.233. The van der Waals surface area contributed by atoms with Gasteiger partial charge >= 0.3 is 5.97 Å². The van der Waals surface area contributed by atoms with Gasteiger partial charge in [0.1, 0.15) is 5.75 Å². The summed E-state index contributed by atoms with van der Waals surface area (Å²) < 4.78 is 10.8. The molecule has 0 amide bonds. The van der Waals surface area contributed by atoms with E-state index in [0.29, 0.717) is 42.8 Å². The molecular weight excluding hydrogens is 373 g/mol. The van der Waals surface area contributed by atoms with Crippen LogP contribution in [0, 0.1) is 0 Å². The van der Waals surface area contributed by atoms with E-state index in [1.54, 1.807) is 12.1 Å². The van der Waals surface area contributed by atoms with E-state index in [9.17, 15) is 4.79 Å². The fourth-order valence-electron chi connectivity index (χ4n) is 2.76. The number of carbonyl (C=O) groups is 1. The minimum atomic E-state index is -0.373. The van der Waals surface area contributed by atoms with Crippen LogP contribution in [0.3, 0.4) is 0 Å². The van der Waals surface area contributed by atoms with Crippen LogP contribution in [0.2, 0.25) is 0 Å². The number of nitrogens with zero attached hydrogens (tertiary/aromatic N) is 1. The third kappa shape index (κ3) is 8.05. The summed E-state index contributed by atoms with van der Waals surface area (Å²) in [5.41, 5.74) is 1.39. The number of ether oxygens (including phenoxy) is 2. The SMILES string of the molecule is CCCCCCCCOc1cc(C(=O)OC)ccc1N(CCCl)CCCl. The van der Waals surface area contributed by atoms with Crippen molar-refractivity contribution in [2.45, 2.75) is 45.4 Å². The summed E-state index contributed by atoms with van der Waals surface area (Å²) in [5, 5.41) is 0. The van der Waals surface area contributed by atoms with Gasteiger partial charge in [-0.1, -0.05) is 39.0 Å². The van der Waals surface area contributed by atoms with Gasteiger partial charge < -0.3 is 14.4 Å². The minimum Gasteiger partial charge on any atom is -0.491 e. The zero-order valence-corrected chi connectivity index (χ0v) is 17.4. The molecular formula is C20H31Cl2NO3. The van der Waals surface area contributed by atoms with Crippen molar-refractivity contribution < 1.29 is 14.3 Å². The zero-order valence-electron chi connectivity index (χ0n) is 15.9. The van der Waals surface area contributed by atoms with Gasteiger partial charge in [-0.2, -0.15) is 0 Å². The van der Waals surface area contributed by atoms with Crippen LogP contribution in [-0.4, -0.2) is 44.5 Å². The van der Waals surface area contributed by atoms with Crippen LogP contribution in [0.1, 0.15) is 55.8 Å². The Morgan fingerprint density at radius 2 is 1.69 bits per heavy atom. The van der Waals surface area contributed by atoms with Gasteiger partial charge in [-0.25, -0.2) is 4.79 Å². The molecule has 26 heavy (non-hydrogen) atoms. The molecule has 0 atom stereocenters. The first kappa shape index (κ1) is 22.9. The predicted molar refractivity (Wildman–Crippen MR) is 110 cm³/mol. The molecule has 0 aliphatic carbocycles. The Kier molecular flexibility index (Phi) is 12.3. The maximum atomic E-state index is 11.8. The number of methoxy groups -OCH3 is 1. The fourth-order valence-corrected chi connectivity index (χ4v) is 3.17. The summed E-state index contributed by atoms with van der Waals surface area (Å²) >= 11 is 11.9. The third-order valence-electron chi connectivity index (χ3n) is 4.19. The Labute approximate surface area is 167 Å². The van der Waals surface area contributed by atoms with E-state index < -0.39 is 0 Å². The van der Waals surface area contributed by atoms with E-state index in [2.05, 4.69) is 11.8 Å². The summed E-state index contributed by atoms with van der Waals surface area (Å²) in [6.07, 6.45) is 7.19. The number of anilines is 1. The second-order valence-electron chi connectivity index (χ2n) is 6.16. The monoisotopic (exact) mass is 403 g/mol. The largest absolute Gasteiger partial charge is 0.491 e. The van der Waals surface area contributed by atoms with E-state index in [0.717, 1.165) is 18.5 Å². The molecule has 0 aromatic heterocycles. The lowest BCUT2D eigenvalue weighted by Gasteiger charge is -2.25. The molecule has 1 rings (SSSR count). The molecule has 0 N–H and O–H groups in total. The fraction of sp³-hybridized carbons (Fsp3) is 0.650. The van der Waals surface area contributed by atoms with Crippen molar-refractivity contribution in [3.8, 4) is 5.75 Å². The van der Waals surface area contributed by atoms with Gasteiger partial charge in [-0.3, -0.25) is 0 Å². The average Bonchev–Trinajstić information content (AvgIpc) is 2.66. The highest BCUT2D eigenvalue weighted by Gasteiger charge is 2.15. The maximum Gasteiger partial charge on any atom is 0.337 e. The van der Waals surface area contributed by atoms with Crippen LogP contribution in [0.4, 0.5) is 5.69 Å². The normalized spacial score (nSPS) is 10.6. The molecule has 6 heteroatoms. The average molecular weight is 404 g/mol. The lowest BCUT2D eigenvalue weighted by molar-refractivity contribution is 0.0600. The van der Waals surface area contributed by atoms with Crippen molar-refractivity contribution in [2.75, 3.05) is 43.5 Å². The molecule has 0 unspecified atom stereocenters. The lowest BCUT2D eigenvalue weighted by atomic mass is 10.1. The van der Waals surface area contributed by atoms with Gasteiger partial charge in [0, 0.05) is 24.8 Å². The number of rotatable bonds is 14. The molecule has 0 heterocycles. The Morgan fingerprint density at radius 1 is 1.04 bits per heavy atom. The molecule has 4 nitrogen and oxygen atoms in total. The summed E-state index contributed by atoms with van der Waals surface area (Å²) in [5.74, 6) is 1.29. The van der Waals surface area contributed by atoms with Gasteiger partial charge in [0.2, 0.25) is 0 Å². The van der Waals surface area contributed by atoms with Crippen LogP contribution in [0.5, 0.6) is 5.75 Å². The van der Waals surface area contributed by atoms with Gasteiger partial charge in [-0.05, 0) is 24.6 Å². The number of hydrogen-bond acceptors (Lipinski definition) is 4. The first-order chi connectivity index (χ1) is 12.7. The first-order valence-corrected chi connectivity index (χ1v) is 10.5. The smallest absolute Gasteiger partial charge is 0.337 e. The second-order valence-corrected chi connectivity index (χ2v) is 6.91. The molecule has 0 aliphatic heterocycles. The molecule has 0 saturated carbocycles. The number of unbranched alkanes of at least 4 members (excludes halogenated alkanes) is 5. The van der Waals surface area contributed by atoms with Crippen LogP contribution in [0.15, 0.2) is 18.2 Å². The molecule has 148 valence electrons. The highest BCUT2D eigenvalue weighted by molar-refractivity contribution is 6.18. The van der Waals surface area contributed by atoms with E-state index in [1.165, 1.54) is 32.8 Å².